The highest BCUT2D eigenvalue weighted by molar-refractivity contribution is 5.98. The molecule has 2 aromatic carbocycles. The highest BCUT2D eigenvalue weighted by atomic mass is 16.2. The largest absolute Gasteiger partial charge is 0.370 e. The van der Waals surface area contributed by atoms with Gasteiger partial charge in [-0.15, -0.1) is 0 Å². The molecule has 25 nitrogen and oxygen atoms in total. The Balaban J connectivity index is 1.76. The molecule has 0 radical (unpaired) electrons. The third-order valence-corrected chi connectivity index (χ3v) is 12.1. The van der Waals surface area contributed by atoms with Crippen LogP contribution in [0, 0.1) is 0 Å². The van der Waals surface area contributed by atoms with E-state index in [9.17, 15) is 43.2 Å². The summed E-state index contributed by atoms with van der Waals surface area (Å²) in [5.41, 5.74) is 30.1. The second-order valence-electron chi connectivity index (χ2n) is 18.0. The number of primary amides is 1. The summed E-state index contributed by atoms with van der Waals surface area (Å²) in [6.07, 6.45) is 2.29. The number of aliphatic imine (C=N–C) groups is 2. The Bertz CT molecular complexity index is 2470. The van der Waals surface area contributed by atoms with Gasteiger partial charge in [-0.25, -0.2) is 0 Å². The second kappa shape index (κ2) is 29.9. The smallest absolute Gasteiger partial charge is 0.243 e. The lowest BCUT2D eigenvalue weighted by atomic mass is 10.0. The maximum absolute atomic E-state index is 14.5. The zero-order valence-electron chi connectivity index (χ0n) is 41.9. The van der Waals surface area contributed by atoms with Crippen LogP contribution in [0.15, 0.2) is 70.8 Å². The third kappa shape index (κ3) is 19.7. The van der Waals surface area contributed by atoms with E-state index in [0.29, 0.717) is 24.0 Å². The van der Waals surface area contributed by atoms with E-state index in [1.165, 1.54) is 6.92 Å². The molecule has 19 N–H and O–H groups in total. The van der Waals surface area contributed by atoms with Crippen molar-refractivity contribution < 1.29 is 43.2 Å². The number of unbranched alkanes of at least 4 members (excludes halogenated alkanes) is 1. The molecule has 2 unspecified atom stereocenters. The first-order valence-corrected chi connectivity index (χ1v) is 24.7. The van der Waals surface area contributed by atoms with Gasteiger partial charge < -0.3 is 76.2 Å². The highest BCUT2D eigenvalue weighted by Crippen LogP contribution is 2.19. The SMILES string of the molecule is CCCC[C@H](NC(C)=O)C(=O)N[C@H]1CCC(=O)NCCC(C(=O)N[C@@H](Cc2c[nH]c3ccccc23)C(N)=O)NC(=O)[C@H](CCCN=C(N)N)NC(=O)C(Cc2ccccc2)NC(=O)[C@H](CCCN=C(N)N)NC1=O. The van der Waals surface area contributed by atoms with Crippen LogP contribution in [0.1, 0.15) is 89.2 Å². The van der Waals surface area contributed by atoms with Gasteiger partial charge in [-0.2, -0.15) is 0 Å². The lowest BCUT2D eigenvalue weighted by Gasteiger charge is -2.28. The van der Waals surface area contributed by atoms with Crippen LogP contribution >= 0.6 is 0 Å². The molecule has 1 aromatic heterocycles. The molecule has 2 heterocycles. The molecule has 4 rings (SSSR count). The maximum atomic E-state index is 14.5. The Morgan fingerprint density at radius 3 is 1.92 bits per heavy atom. The van der Waals surface area contributed by atoms with Crippen LogP contribution in [0.4, 0.5) is 0 Å². The number of nitrogens with one attached hydrogen (secondary N) is 9. The first kappa shape index (κ1) is 58.3. The number of aromatic nitrogens is 1. The fourth-order valence-corrected chi connectivity index (χ4v) is 8.16. The number of nitrogens with zero attached hydrogens (tertiary/aromatic N) is 2. The van der Waals surface area contributed by atoms with E-state index in [4.69, 9.17) is 28.7 Å². The maximum Gasteiger partial charge on any atom is 0.243 e. The average molecular weight is 1030 g/mol. The molecule has 1 saturated heterocycles. The third-order valence-electron chi connectivity index (χ3n) is 12.1. The summed E-state index contributed by atoms with van der Waals surface area (Å²) in [4.78, 5) is 135. The fourth-order valence-electron chi connectivity index (χ4n) is 8.16. The monoisotopic (exact) mass is 1030 g/mol. The zero-order valence-corrected chi connectivity index (χ0v) is 41.9. The topological polar surface area (TPSA) is 420 Å². The van der Waals surface area contributed by atoms with Crippen molar-refractivity contribution in [1.82, 2.24) is 47.5 Å². The first-order chi connectivity index (χ1) is 35.3. The van der Waals surface area contributed by atoms with Crippen LogP contribution in [-0.2, 0) is 56.0 Å². The van der Waals surface area contributed by atoms with E-state index in [-0.39, 0.29) is 95.8 Å². The number of aromatic amines is 1. The summed E-state index contributed by atoms with van der Waals surface area (Å²) in [6.45, 7) is 3.01. The quantitative estimate of drug-likeness (QED) is 0.0297. The number of fused-ring (bicyclic) bond motifs is 1. The number of nitrogens with two attached hydrogens (primary N) is 5. The van der Waals surface area contributed by atoms with E-state index in [1.54, 1.807) is 36.5 Å². The summed E-state index contributed by atoms with van der Waals surface area (Å²) >= 11 is 0. The molecule has 1 aliphatic rings. The average Bonchev–Trinajstić information content (AvgIpc) is 3.76. The molecular weight excluding hydrogens is 957 g/mol. The van der Waals surface area contributed by atoms with E-state index in [1.807, 2.05) is 31.2 Å². The van der Waals surface area contributed by atoms with Crippen LogP contribution in [0.5, 0.6) is 0 Å². The molecule has 0 spiro atoms. The fraction of sp³-hybridized carbons (Fsp3) is 0.490. The molecular formula is C49H72N16O9. The molecule has 402 valence electrons. The number of guanidine groups is 2. The van der Waals surface area contributed by atoms with E-state index in [0.717, 1.165) is 10.9 Å². The highest BCUT2D eigenvalue weighted by Gasteiger charge is 2.35. The van der Waals surface area contributed by atoms with Crippen molar-refractivity contribution in [3.05, 3.63) is 71.9 Å². The Hall–Kier alpha value is -8.25. The lowest BCUT2D eigenvalue weighted by molar-refractivity contribution is -0.136. The zero-order chi connectivity index (χ0) is 54.2. The van der Waals surface area contributed by atoms with Crippen LogP contribution in [-0.4, -0.2) is 132 Å². The number of carbonyl (C=O) groups is 9. The Labute approximate surface area is 428 Å². The van der Waals surface area contributed by atoms with Gasteiger partial charge in [-0.1, -0.05) is 68.3 Å². The van der Waals surface area contributed by atoms with Gasteiger partial charge in [0.2, 0.25) is 53.2 Å². The molecule has 25 heteroatoms. The Morgan fingerprint density at radius 2 is 1.30 bits per heavy atom. The summed E-state index contributed by atoms with van der Waals surface area (Å²) in [7, 11) is 0. The van der Waals surface area contributed by atoms with Crippen LogP contribution in [0.3, 0.4) is 0 Å². The molecule has 0 saturated carbocycles. The molecule has 3 aromatic rings. The van der Waals surface area contributed by atoms with Gasteiger partial charge in [0.1, 0.15) is 42.3 Å². The summed E-state index contributed by atoms with van der Waals surface area (Å²) < 4.78 is 0. The van der Waals surface area contributed by atoms with E-state index < -0.39 is 95.5 Å². The summed E-state index contributed by atoms with van der Waals surface area (Å²) in [6, 6.07) is 6.67. The molecule has 9 amide bonds. The van der Waals surface area contributed by atoms with Crippen molar-refractivity contribution in [2.45, 2.75) is 133 Å². The van der Waals surface area contributed by atoms with Crippen molar-refractivity contribution in [3.8, 4) is 0 Å². The van der Waals surface area contributed by atoms with Crippen LogP contribution in [0.25, 0.3) is 10.9 Å². The predicted molar refractivity (Wildman–Crippen MR) is 277 cm³/mol. The number of hydrogen-bond donors (Lipinski definition) is 14. The van der Waals surface area contributed by atoms with Gasteiger partial charge in [0.25, 0.3) is 0 Å². The Morgan fingerprint density at radius 1 is 0.703 bits per heavy atom. The minimum Gasteiger partial charge on any atom is -0.370 e. The molecule has 1 fully saturated rings. The van der Waals surface area contributed by atoms with Crippen molar-refractivity contribution in [1.29, 1.82) is 0 Å². The van der Waals surface area contributed by atoms with Gasteiger partial charge >= 0.3 is 0 Å². The lowest BCUT2D eigenvalue weighted by Crippen LogP contribution is -2.60. The van der Waals surface area contributed by atoms with Gasteiger partial charge in [0.15, 0.2) is 11.9 Å². The van der Waals surface area contributed by atoms with E-state index in [2.05, 4.69) is 57.5 Å². The van der Waals surface area contributed by atoms with Crippen molar-refractivity contribution >= 4 is 76.0 Å². The van der Waals surface area contributed by atoms with Gasteiger partial charge in [-0.3, -0.25) is 53.1 Å². The van der Waals surface area contributed by atoms with Gasteiger partial charge in [0, 0.05) is 62.9 Å². The second-order valence-corrected chi connectivity index (χ2v) is 18.0. The van der Waals surface area contributed by atoms with Crippen molar-refractivity contribution in [2.24, 2.45) is 38.7 Å². The summed E-state index contributed by atoms with van der Waals surface area (Å²) in [5, 5.41) is 22.2. The number of carbonyl (C=O) groups excluding carboxylic acids is 9. The predicted octanol–water partition coefficient (Wildman–Crippen LogP) is -2.55. The number of benzene rings is 2. The number of rotatable bonds is 21. The minimum atomic E-state index is -1.45. The molecule has 74 heavy (non-hydrogen) atoms. The number of para-hydroxylation sites is 1. The molecule has 0 aliphatic carbocycles. The standard InChI is InChI=1S/C49H72N16O9/c1-3-4-15-33(59-28(2)66)42(69)62-36-19-20-40(67)55-24-21-37(46(73)64-38(41(50)68)26-30-27-58-32-16-9-8-14-31(30)32)63-43(70)34(17-10-22-56-48(51)52)61-47(74)39(25-29-12-6-5-7-13-29)65-44(71)35(60-45(36)72)18-11-23-57-49(53)54/h5-9,12-14,16,27,33-39,58H,3-4,10-11,15,17-26H2,1-2H3,(H2,50,68)(H,55,67)(H,59,66)(H,60,72)(H,61,74)(H,62,69)(H,63,70)(H,64,73)(H,65,71)(H4,51,52,56)(H4,53,54,57)/t33-,34-,35-,36-,37?,38-,39?/m0/s1. The molecule has 1 aliphatic heterocycles. The normalized spacial score (nSPS) is 20.0. The number of amides is 9. The Kier molecular flexibility index (Phi) is 23.6. The minimum absolute atomic E-state index is 0.0208. The van der Waals surface area contributed by atoms with Gasteiger partial charge in [-0.05, 0) is 62.1 Å². The number of H-pyrrole nitrogens is 1. The van der Waals surface area contributed by atoms with Crippen molar-refractivity contribution in [3.63, 3.8) is 0 Å². The first-order valence-electron chi connectivity index (χ1n) is 24.7. The number of hydrogen-bond acceptors (Lipinski definition) is 11. The van der Waals surface area contributed by atoms with Crippen LogP contribution < -0.4 is 71.2 Å². The van der Waals surface area contributed by atoms with Crippen LogP contribution in [0.2, 0.25) is 0 Å². The van der Waals surface area contributed by atoms with E-state index >= 15 is 0 Å². The van der Waals surface area contributed by atoms with Crippen molar-refractivity contribution in [2.75, 3.05) is 19.6 Å². The van der Waals surface area contributed by atoms with Gasteiger partial charge in [0.05, 0.1) is 0 Å². The summed E-state index contributed by atoms with van der Waals surface area (Å²) in [5.74, 6) is -7.33. The molecule has 7 atom stereocenters. The molecule has 0 bridgehead atoms.